The number of hydrogen-bond donors (Lipinski definition) is 1. The van der Waals surface area contributed by atoms with Crippen molar-refractivity contribution in [1.29, 1.82) is 0 Å². The van der Waals surface area contributed by atoms with Crippen LogP contribution in [-0.4, -0.2) is 41.5 Å². The Morgan fingerprint density at radius 1 is 0.976 bits per heavy atom. The van der Waals surface area contributed by atoms with Crippen molar-refractivity contribution in [3.05, 3.63) is 112 Å². The molecule has 1 aromatic heterocycles. The van der Waals surface area contributed by atoms with Crippen LogP contribution in [0.2, 0.25) is 0 Å². The number of aromatic nitrogens is 1. The highest BCUT2D eigenvalue weighted by atomic mass is 32.1. The Hall–Kier alpha value is -4.96. The normalized spacial score (nSPS) is 16.0. The van der Waals surface area contributed by atoms with Crippen LogP contribution >= 0.6 is 11.3 Å². The molecular weight excluding hydrogens is 556 g/mol. The van der Waals surface area contributed by atoms with Crippen LogP contribution in [0.5, 0.6) is 11.5 Å². The summed E-state index contributed by atoms with van der Waals surface area (Å²) in [6.07, 6.45) is 0. The summed E-state index contributed by atoms with van der Waals surface area (Å²) in [6.45, 7) is 4.26. The van der Waals surface area contributed by atoms with E-state index in [1.54, 1.807) is 55.5 Å². The van der Waals surface area contributed by atoms with Crippen molar-refractivity contribution in [1.82, 2.24) is 4.98 Å². The van der Waals surface area contributed by atoms with E-state index in [1.165, 1.54) is 12.0 Å². The lowest BCUT2D eigenvalue weighted by Gasteiger charge is -2.23. The molecule has 0 saturated carbocycles. The molecule has 3 aromatic carbocycles. The van der Waals surface area contributed by atoms with E-state index in [1.807, 2.05) is 37.3 Å². The van der Waals surface area contributed by atoms with Crippen LogP contribution in [0.1, 0.15) is 45.0 Å². The highest BCUT2D eigenvalue weighted by Crippen LogP contribution is 2.44. The van der Waals surface area contributed by atoms with Gasteiger partial charge in [0.15, 0.2) is 5.13 Å². The second kappa shape index (κ2) is 12.3. The highest BCUT2D eigenvalue weighted by Gasteiger charge is 2.48. The van der Waals surface area contributed by atoms with Gasteiger partial charge in [-0.15, -0.1) is 0 Å². The molecule has 1 unspecified atom stereocenters. The minimum Gasteiger partial charge on any atom is -0.507 e. The summed E-state index contributed by atoms with van der Waals surface area (Å²) in [4.78, 5) is 45.3. The fourth-order valence-electron chi connectivity index (χ4n) is 4.66. The number of aliphatic hydroxyl groups excluding tert-OH is 1. The third-order valence-electron chi connectivity index (χ3n) is 6.67. The summed E-state index contributed by atoms with van der Waals surface area (Å²) in [5.74, 6) is -1.60. The van der Waals surface area contributed by atoms with Crippen LogP contribution in [0.4, 0.5) is 5.13 Å². The van der Waals surface area contributed by atoms with Crippen molar-refractivity contribution < 1.29 is 33.7 Å². The maximum absolute atomic E-state index is 13.6. The molecule has 5 rings (SSSR count). The predicted molar refractivity (Wildman–Crippen MR) is 158 cm³/mol. The van der Waals surface area contributed by atoms with E-state index in [0.717, 1.165) is 16.9 Å². The topological polar surface area (TPSA) is 115 Å². The van der Waals surface area contributed by atoms with Gasteiger partial charge in [0.25, 0.3) is 5.78 Å². The van der Waals surface area contributed by atoms with Crippen molar-refractivity contribution in [2.24, 2.45) is 0 Å². The zero-order valence-electron chi connectivity index (χ0n) is 23.2. The summed E-state index contributed by atoms with van der Waals surface area (Å²) in [5.41, 5.74) is 2.06. The van der Waals surface area contributed by atoms with Gasteiger partial charge in [-0.05, 0) is 61.4 Å². The first-order valence-electron chi connectivity index (χ1n) is 13.2. The van der Waals surface area contributed by atoms with Gasteiger partial charge in [-0.1, -0.05) is 53.8 Å². The van der Waals surface area contributed by atoms with Crippen LogP contribution in [0.3, 0.4) is 0 Å². The van der Waals surface area contributed by atoms with Gasteiger partial charge in [0.2, 0.25) is 0 Å². The molecule has 4 aromatic rings. The Morgan fingerprint density at radius 3 is 2.40 bits per heavy atom. The van der Waals surface area contributed by atoms with E-state index in [9.17, 15) is 19.5 Å². The van der Waals surface area contributed by atoms with Gasteiger partial charge in [0.1, 0.15) is 28.7 Å². The first-order valence-corrected chi connectivity index (χ1v) is 14.0. The molecule has 1 amide bonds. The number of methoxy groups -OCH3 is 1. The third kappa shape index (κ3) is 5.61. The minimum atomic E-state index is -1.05. The van der Waals surface area contributed by atoms with Crippen molar-refractivity contribution in [2.45, 2.75) is 26.5 Å². The summed E-state index contributed by atoms with van der Waals surface area (Å²) in [5, 5.41) is 11.6. The molecule has 0 aliphatic carbocycles. The van der Waals surface area contributed by atoms with Crippen molar-refractivity contribution >= 4 is 39.9 Å². The third-order valence-corrected chi connectivity index (χ3v) is 7.80. The fraction of sp³-hybridized carbons (Fsp3) is 0.188. The number of esters is 1. The van der Waals surface area contributed by atoms with Crippen molar-refractivity contribution in [3.8, 4) is 11.5 Å². The van der Waals surface area contributed by atoms with E-state index in [-0.39, 0.29) is 21.3 Å². The number of thiazole rings is 1. The van der Waals surface area contributed by atoms with E-state index in [2.05, 4.69) is 4.98 Å². The van der Waals surface area contributed by atoms with Gasteiger partial charge in [0, 0.05) is 5.56 Å². The smallest absolute Gasteiger partial charge is 0.350 e. The molecule has 1 saturated heterocycles. The number of amides is 1. The SMILES string of the molecule is CCOc1ccc(C(O)=C2C(=O)C(=O)N(c3nc(C)c(C(=O)OC)s3)C2c2cccc(OCc3ccccc3)c2)cc1. The first-order chi connectivity index (χ1) is 20.3. The number of anilines is 1. The number of aryl methyl sites for hydroxylation is 1. The van der Waals surface area contributed by atoms with E-state index >= 15 is 0 Å². The Balaban J connectivity index is 1.61. The number of carbonyl (C=O) groups excluding carboxylic acids is 3. The van der Waals surface area contributed by atoms with Gasteiger partial charge in [-0.2, -0.15) is 0 Å². The summed E-state index contributed by atoms with van der Waals surface area (Å²) < 4.78 is 16.4. The lowest BCUT2D eigenvalue weighted by atomic mass is 9.95. The van der Waals surface area contributed by atoms with Gasteiger partial charge < -0.3 is 19.3 Å². The number of hydrogen-bond acceptors (Lipinski definition) is 9. The number of nitrogens with zero attached hydrogens (tertiary/aromatic N) is 2. The number of ketones is 1. The van der Waals surface area contributed by atoms with Crippen molar-refractivity contribution in [3.63, 3.8) is 0 Å². The molecular formula is C32H28N2O7S. The van der Waals surface area contributed by atoms with Crippen LogP contribution in [-0.2, 0) is 20.9 Å². The quantitative estimate of drug-likeness (QED) is 0.113. The summed E-state index contributed by atoms with van der Waals surface area (Å²) in [6, 6.07) is 22.2. The van der Waals surface area contributed by atoms with Crippen LogP contribution in [0.25, 0.3) is 5.76 Å². The molecule has 42 heavy (non-hydrogen) atoms. The van der Waals surface area contributed by atoms with E-state index in [4.69, 9.17) is 14.2 Å². The Kier molecular flexibility index (Phi) is 8.35. The summed E-state index contributed by atoms with van der Waals surface area (Å²) in [7, 11) is 1.26. The van der Waals surface area contributed by atoms with Gasteiger partial charge in [0.05, 0.1) is 31.0 Å². The molecule has 9 nitrogen and oxygen atoms in total. The van der Waals surface area contributed by atoms with Gasteiger partial charge in [-0.25, -0.2) is 9.78 Å². The van der Waals surface area contributed by atoms with E-state index in [0.29, 0.717) is 41.5 Å². The Labute approximate surface area is 246 Å². The maximum Gasteiger partial charge on any atom is 0.350 e. The lowest BCUT2D eigenvalue weighted by molar-refractivity contribution is -0.132. The first kappa shape index (κ1) is 28.6. The van der Waals surface area contributed by atoms with Gasteiger partial charge in [-0.3, -0.25) is 14.5 Å². The number of ether oxygens (including phenoxy) is 3. The zero-order valence-corrected chi connectivity index (χ0v) is 24.0. The molecule has 1 aliphatic heterocycles. The average Bonchev–Trinajstić information content (AvgIpc) is 3.52. The fourth-order valence-corrected chi connectivity index (χ4v) is 5.67. The second-order valence-corrected chi connectivity index (χ2v) is 10.4. The van der Waals surface area contributed by atoms with Crippen LogP contribution in [0.15, 0.2) is 84.4 Å². The lowest BCUT2D eigenvalue weighted by Crippen LogP contribution is -2.29. The molecule has 0 bridgehead atoms. The van der Waals surface area contributed by atoms with E-state index < -0.39 is 23.7 Å². The largest absolute Gasteiger partial charge is 0.507 e. The number of aliphatic hydroxyl groups is 1. The summed E-state index contributed by atoms with van der Waals surface area (Å²) >= 11 is 0.938. The average molecular weight is 585 g/mol. The van der Waals surface area contributed by atoms with Crippen LogP contribution in [0, 0.1) is 6.92 Å². The molecule has 10 heteroatoms. The van der Waals surface area contributed by atoms with Crippen molar-refractivity contribution in [2.75, 3.05) is 18.6 Å². The molecule has 1 aliphatic rings. The number of benzene rings is 3. The molecule has 2 heterocycles. The zero-order chi connectivity index (χ0) is 29.8. The molecule has 1 atom stereocenters. The number of Topliss-reactive ketones (excluding diaryl/α,β-unsaturated/α-hetero) is 1. The van der Waals surface area contributed by atoms with Crippen LogP contribution < -0.4 is 14.4 Å². The monoisotopic (exact) mass is 584 g/mol. The predicted octanol–water partition coefficient (Wildman–Crippen LogP) is 5.84. The number of rotatable bonds is 9. The highest BCUT2D eigenvalue weighted by molar-refractivity contribution is 7.17. The molecule has 0 spiro atoms. The number of carbonyl (C=O) groups is 3. The molecule has 1 fully saturated rings. The second-order valence-electron chi connectivity index (χ2n) is 9.38. The Bertz CT molecular complexity index is 1660. The van der Waals surface area contributed by atoms with Gasteiger partial charge >= 0.3 is 11.9 Å². The molecule has 0 radical (unpaired) electrons. The minimum absolute atomic E-state index is 0.114. The standard InChI is InChI=1S/C32H28N2O7S/c1-4-40-23-15-13-21(14-16-23)27(35)25-26(22-11-8-12-24(17-22)41-18-20-9-6-5-7-10-20)34(30(37)28(25)36)32-33-19(2)29(42-32)31(38)39-3/h5-17,26,35H,4,18H2,1-3H3. The molecule has 1 N–H and O–H groups in total. The Morgan fingerprint density at radius 2 is 1.71 bits per heavy atom. The molecule has 214 valence electrons. The maximum atomic E-state index is 13.6.